The van der Waals surface area contributed by atoms with Crippen molar-refractivity contribution >= 4 is 17.4 Å². The van der Waals surface area contributed by atoms with Gasteiger partial charge in [-0.25, -0.2) is 8.78 Å². The van der Waals surface area contributed by atoms with Crippen molar-refractivity contribution in [2.75, 3.05) is 76.0 Å². The fourth-order valence-corrected chi connectivity index (χ4v) is 9.05. The van der Waals surface area contributed by atoms with Crippen LogP contribution >= 0.6 is 0 Å². The van der Waals surface area contributed by atoms with Crippen LogP contribution in [0.4, 0.5) is 20.3 Å². The van der Waals surface area contributed by atoms with E-state index in [2.05, 4.69) is 17.4 Å². The standard InChI is InChI=1S/C40H52F2N6O5/c1-6-31-32(42)11-10-27-18-40(4,50)24-48(35(27)31)30-17-33-36(52-23-30)37(45(5)22-29-9-8-14-47(29)34(49)7-2)44-38(43-33)53-25-39(3)19-28(41)21-46(39)20-26-12-15-51-16-13-26/h1,7,10-11,26,28-30,50H,2,8-9,12-25H2,3-5H3/t28-,29+,30-,39+,40+/m1/s1. The zero-order valence-electron chi connectivity index (χ0n) is 31.2. The number of hydrogen-bond donors (Lipinski definition) is 1. The Morgan fingerprint density at radius 2 is 2.06 bits per heavy atom. The number of fused-ring (bicyclic) bond motifs is 2. The number of aromatic nitrogens is 2. The highest BCUT2D eigenvalue weighted by Crippen LogP contribution is 2.42. The van der Waals surface area contributed by atoms with Crippen LogP contribution in [0.2, 0.25) is 0 Å². The number of nitrogens with zero attached hydrogens (tertiary/aromatic N) is 6. The lowest BCUT2D eigenvalue weighted by Gasteiger charge is -2.45. The number of likely N-dealkylation sites (tertiary alicyclic amines) is 2. The summed E-state index contributed by atoms with van der Waals surface area (Å²) in [5.74, 6) is 3.42. The van der Waals surface area contributed by atoms with Crippen molar-refractivity contribution in [1.82, 2.24) is 19.8 Å². The van der Waals surface area contributed by atoms with Crippen molar-refractivity contribution in [2.45, 2.75) is 88.2 Å². The molecular weight excluding hydrogens is 682 g/mol. The number of anilines is 2. The van der Waals surface area contributed by atoms with Crippen LogP contribution in [0.25, 0.3) is 0 Å². The van der Waals surface area contributed by atoms with Crippen LogP contribution in [-0.4, -0.2) is 126 Å². The molecule has 0 aliphatic carbocycles. The first-order valence-corrected chi connectivity index (χ1v) is 18.9. The zero-order valence-corrected chi connectivity index (χ0v) is 31.2. The molecule has 1 N–H and O–H groups in total. The lowest BCUT2D eigenvalue weighted by atomic mass is 9.86. The Bertz CT molecular complexity index is 1750. The molecule has 13 heteroatoms. The average molecular weight is 735 g/mol. The molecule has 5 aliphatic heterocycles. The Kier molecular flexibility index (Phi) is 10.6. The van der Waals surface area contributed by atoms with Gasteiger partial charge in [-0.15, -0.1) is 6.42 Å². The van der Waals surface area contributed by atoms with Gasteiger partial charge in [0.25, 0.3) is 0 Å². The van der Waals surface area contributed by atoms with Gasteiger partial charge in [-0.05, 0) is 63.2 Å². The molecule has 1 aromatic heterocycles. The molecule has 5 atom stereocenters. The monoisotopic (exact) mass is 734 g/mol. The van der Waals surface area contributed by atoms with Gasteiger partial charge < -0.3 is 34.0 Å². The molecule has 0 saturated carbocycles. The quantitative estimate of drug-likeness (QED) is 0.286. The second-order valence-corrected chi connectivity index (χ2v) is 16.1. The number of β-amino-alcohol motifs (C(OH)–C–C–N with tert-alkyl or cyclic N) is 1. The van der Waals surface area contributed by atoms with Crippen LogP contribution in [0.15, 0.2) is 24.8 Å². The number of amides is 1. The summed E-state index contributed by atoms with van der Waals surface area (Å²) >= 11 is 0. The van der Waals surface area contributed by atoms with Crippen LogP contribution in [-0.2, 0) is 22.4 Å². The number of ether oxygens (including phenoxy) is 3. The second-order valence-electron chi connectivity index (χ2n) is 16.1. The maximum absolute atomic E-state index is 15.1. The number of terminal acetylenes is 1. The summed E-state index contributed by atoms with van der Waals surface area (Å²) in [5, 5.41) is 11.3. The smallest absolute Gasteiger partial charge is 0.318 e. The van der Waals surface area contributed by atoms with Gasteiger partial charge in [0.2, 0.25) is 5.91 Å². The van der Waals surface area contributed by atoms with Gasteiger partial charge >= 0.3 is 6.01 Å². The van der Waals surface area contributed by atoms with E-state index in [4.69, 9.17) is 30.6 Å². The van der Waals surface area contributed by atoms with E-state index in [-0.39, 0.29) is 49.3 Å². The third-order valence-electron chi connectivity index (χ3n) is 11.8. The molecule has 1 amide bonds. The van der Waals surface area contributed by atoms with E-state index in [0.717, 1.165) is 51.0 Å². The number of carbonyl (C=O) groups is 1. The number of benzene rings is 1. The lowest BCUT2D eigenvalue weighted by molar-refractivity contribution is -0.126. The highest BCUT2D eigenvalue weighted by Gasteiger charge is 2.45. The Balaban J connectivity index is 1.19. The molecule has 0 unspecified atom stereocenters. The van der Waals surface area contributed by atoms with E-state index in [1.165, 1.54) is 12.1 Å². The summed E-state index contributed by atoms with van der Waals surface area (Å²) in [6, 6.07) is 2.81. The molecule has 11 nitrogen and oxygen atoms in total. The van der Waals surface area contributed by atoms with E-state index in [9.17, 15) is 9.90 Å². The second kappa shape index (κ2) is 15.0. The van der Waals surface area contributed by atoms with Crippen LogP contribution in [0.3, 0.4) is 0 Å². The van der Waals surface area contributed by atoms with E-state index in [1.54, 1.807) is 13.0 Å². The molecule has 3 fully saturated rings. The minimum atomic E-state index is -1.08. The largest absolute Gasteiger partial charge is 0.486 e. The first-order valence-electron chi connectivity index (χ1n) is 18.9. The molecule has 0 bridgehead atoms. The molecule has 53 heavy (non-hydrogen) atoms. The predicted octanol–water partition coefficient (Wildman–Crippen LogP) is 3.94. The van der Waals surface area contributed by atoms with E-state index >= 15 is 8.78 Å². The summed E-state index contributed by atoms with van der Waals surface area (Å²) in [5.41, 5.74) is 0.475. The van der Waals surface area contributed by atoms with E-state index in [1.807, 2.05) is 28.7 Å². The van der Waals surface area contributed by atoms with Gasteiger partial charge in [0, 0.05) is 78.3 Å². The van der Waals surface area contributed by atoms with Crippen LogP contribution in [0, 0.1) is 24.1 Å². The Morgan fingerprint density at radius 3 is 2.81 bits per heavy atom. The third kappa shape index (κ3) is 7.68. The Hall–Kier alpha value is -3.99. The van der Waals surface area contributed by atoms with Gasteiger partial charge in [-0.3, -0.25) is 9.69 Å². The average Bonchev–Trinajstić information content (AvgIpc) is 3.72. The molecule has 0 spiro atoms. The van der Waals surface area contributed by atoms with Crippen LogP contribution in [0.1, 0.15) is 62.8 Å². The number of alkyl halides is 1. The van der Waals surface area contributed by atoms with Crippen molar-refractivity contribution < 1.29 is 32.9 Å². The minimum Gasteiger partial charge on any atom is -0.486 e. The minimum absolute atomic E-state index is 0.0429. The summed E-state index contributed by atoms with van der Waals surface area (Å²) < 4.78 is 48.6. The van der Waals surface area contributed by atoms with Gasteiger partial charge in [0.15, 0.2) is 11.6 Å². The normalized spacial score (nSPS) is 28.9. The molecule has 2 aromatic rings. The number of aliphatic hydroxyl groups is 1. The van der Waals surface area contributed by atoms with Crippen LogP contribution < -0.4 is 19.3 Å². The highest BCUT2D eigenvalue weighted by molar-refractivity contribution is 5.87. The van der Waals surface area contributed by atoms with Gasteiger partial charge in [0.05, 0.1) is 34.1 Å². The maximum Gasteiger partial charge on any atom is 0.318 e. The number of hydrogen-bond acceptors (Lipinski definition) is 10. The molecule has 5 aliphatic rings. The van der Waals surface area contributed by atoms with Crippen molar-refractivity contribution in [3.63, 3.8) is 0 Å². The molecule has 3 saturated heterocycles. The Labute approximate surface area is 311 Å². The van der Waals surface area contributed by atoms with E-state index < -0.39 is 23.1 Å². The first kappa shape index (κ1) is 37.3. The number of carbonyl (C=O) groups excluding carboxylic acids is 1. The molecule has 1 aromatic carbocycles. The molecule has 286 valence electrons. The molecule has 0 radical (unpaired) electrons. The fraction of sp³-hybridized carbons (Fsp3) is 0.625. The summed E-state index contributed by atoms with van der Waals surface area (Å²) in [4.78, 5) is 30.4. The van der Waals surface area contributed by atoms with Crippen molar-refractivity contribution in [3.8, 4) is 24.1 Å². The number of rotatable bonds is 10. The van der Waals surface area contributed by atoms with Gasteiger partial charge in [-0.1, -0.05) is 18.6 Å². The number of likely N-dealkylation sites (N-methyl/N-ethyl adjacent to an activating group) is 1. The third-order valence-corrected chi connectivity index (χ3v) is 11.8. The molecule has 7 rings (SSSR count). The summed E-state index contributed by atoms with van der Waals surface area (Å²) in [6.07, 6.45) is 10.9. The van der Waals surface area contributed by atoms with Crippen LogP contribution in [0.5, 0.6) is 11.8 Å². The highest BCUT2D eigenvalue weighted by atomic mass is 19.1. The maximum atomic E-state index is 15.1. The summed E-state index contributed by atoms with van der Waals surface area (Å²) in [7, 11) is 1.92. The predicted molar refractivity (Wildman–Crippen MR) is 198 cm³/mol. The molecule has 6 heterocycles. The van der Waals surface area contributed by atoms with Crippen molar-refractivity contribution in [2.24, 2.45) is 5.92 Å². The van der Waals surface area contributed by atoms with Gasteiger partial charge in [0.1, 0.15) is 25.2 Å². The first-order chi connectivity index (χ1) is 25.4. The van der Waals surface area contributed by atoms with E-state index in [0.29, 0.717) is 67.8 Å². The number of halogens is 2. The summed E-state index contributed by atoms with van der Waals surface area (Å²) in [6.45, 7) is 11.9. The zero-order chi connectivity index (χ0) is 37.5. The SMILES string of the molecule is C#Cc1c(F)ccc2c1N([C@H]1COc3c(nc(OC[C@]4(C)C[C@@H](F)CN4CC4CCOCC4)nc3N(C)C[C@@H]3CCCN3C(=O)C=C)C1)C[C@@](C)(O)C2. The fourth-order valence-electron chi connectivity index (χ4n) is 9.05. The Morgan fingerprint density at radius 1 is 1.26 bits per heavy atom. The lowest BCUT2D eigenvalue weighted by Crippen LogP contribution is -2.54. The van der Waals surface area contributed by atoms with Crippen molar-refractivity contribution in [1.29, 1.82) is 0 Å². The van der Waals surface area contributed by atoms with Crippen molar-refractivity contribution in [3.05, 3.63) is 47.4 Å². The molecular formula is C40H52F2N6O5. The topological polar surface area (TPSA) is 104 Å². The van der Waals surface area contributed by atoms with Gasteiger partial charge in [-0.2, -0.15) is 9.97 Å².